The number of anilines is 3. The molecule has 0 unspecified atom stereocenters. The van der Waals surface area contributed by atoms with Gasteiger partial charge in [-0.2, -0.15) is 20.2 Å². The van der Waals surface area contributed by atoms with Gasteiger partial charge >= 0.3 is 6.01 Å². The Labute approximate surface area is 126 Å². The Hall–Kier alpha value is -2.59. The molecule has 0 aliphatic rings. The molecule has 0 saturated heterocycles. The summed E-state index contributed by atoms with van der Waals surface area (Å²) < 4.78 is 5.32. The maximum Gasteiger partial charge on any atom is 0.323 e. The molecule has 7 nitrogen and oxygen atoms in total. The van der Waals surface area contributed by atoms with Gasteiger partial charge in [0.1, 0.15) is 0 Å². The van der Waals surface area contributed by atoms with Gasteiger partial charge in [-0.05, 0) is 24.6 Å². The van der Waals surface area contributed by atoms with Crippen LogP contribution in [-0.4, -0.2) is 21.6 Å². The van der Waals surface area contributed by atoms with Gasteiger partial charge in [0.15, 0.2) is 0 Å². The van der Waals surface area contributed by atoms with Crippen molar-refractivity contribution < 1.29 is 4.74 Å². The average molecular weight is 305 g/mol. The largest absolute Gasteiger partial charge is 0.463 e. The second kappa shape index (κ2) is 6.72. The Bertz CT molecular complexity index is 685. The molecule has 0 aliphatic heterocycles. The molecule has 0 aliphatic carbocycles. The number of hydrogen-bond donors (Lipinski definition) is 2. The molecule has 1 aromatic carbocycles. The van der Waals surface area contributed by atoms with Crippen LogP contribution in [0, 0.1) is 11.3 Å². The lowest BCUT2D eigenvalue weighted by atomic mass is 10.2. The number of benzene rings is 1. The maximum absolute atomic E-state index is 8.80. The summed E-state index contributed by atoms with van der Waals surface area (Å²) in [4.78, 5) is 11.9. The molecule has 0 amide bonds. The van der Waals surface area contributed by atoms with Gasteiger partial charge < -0.3 is 15.8 Å². The molecule has 0 spiro atoms. The highest BCUT2D eigenvalue weighted by atomic mass is 35.5. The highest BCUT2D eigenvalue weighted by Gasteiger charge is 2.08. The minimum Gasteiger partial charge on any atom is -0.463 e. The number of hydrogen-bond acceptors (Lipinski definition) is 7. The number of nitrogens with one attached hydrogen (secondary N) is 1. The monoisotopic (exact) mass is 304 g/mol. The van der Waals surface area contributed by atoms with Gasteiger partial charge in [0.05, 0.1) is 28.9 Å². The van der Waals surface area contributed by atoms with Crippen LogP contribution in [0.15, 0.2) is 18.2 Å². The van der Waals surface area contributed by atoms with Crippen LogP contribution in [0.2, 0.25) is 5.02 Å². The van der Waals surface area contributed by atoms with Gasteiger partial charge in [-0.1, -0.05) is 18.5 Å². The van der Waals surface area contributed by atoms with Crippen molar-refractivity contribution in [2.75, 3.05) is 17.7 Å². The minimum atomic E-state index is 0.0448. The summed E-state index contributed by atoms with van der Waals surface area (Å²) in [6.45, 7) is 2.46. The number of nitriles is 1. The van der Waals surface area contributed by atoms with Crippen molar-refractivity contribution in [3.63, 3.8) is 0 Å². The number of rotatable bonds is 5. The predicted octanol–water partition coefficient (Wildman–Crippen LogP) is 2.51. The molecule has 3 N–H and O–H groups in total. The molecule has 0 saturated carbocycles. The maximum atomic E-state index is 8.80. The van der Waals surface area contributed by atoms with Gasteiger partial charge in [0.2, 0.25) is 11.9 Å². The van der Waals surface area contributed by atoms with E-state index >= 15 is 0 Å². The zero-order valence-corrected chi connectivity index (χ0v) is 12.1. The topological polar surface area (TPSA) is 110 Å². The first kappa shape index (κ1) is 14.8. The Morgan fingerprint density at radius 2 is 2.19 bits per heavy atom. The molecule has 2 rings (SSSR count). The van der Waals surface area contributed by atoms with Crippen LogP contribution in [0.4, 0.5) is 17.6 Å². The number of ether oxygens (including phenoxy) is 1. The molecule has 21 heavy (non-hydrogen) atoms. The van der Waals surface area contributed by atoms with Crippen molar-refractivity contribution >= 4 is 29.2 Å². The summed E-state index contributed by atoms with van der Waals surface area (Å²) in [5.74, 6) is 0.267. The van der Waals surface area contributed by atoms with E-state index in [1.54, 1.807) is 18.2 Å². The van der Waals surface area contributed by atoms with Crippen LogP contribution < -0.4 is 15.8 Å². The molecule has 2 aromatic rings. The number of nitrogen functional groups attached to an aromatic ring is 1. The van der Waals surface area contributed by atoms with Crippen LogP contribution >= 0.6 is 11.6 Å². The summed E-state index contributed by atoms with van der Waals surface area (Å²) >= 11 is 6.07. The summed E-state index contributed by atoms with van der Waals surface area (Å²) in [6, 6.07) is 6.99. The van der Waals surface area contributed by atoms with E-state index in [2.05, 4.69) is 20.3 Å². The fourth-order valence-electron chi connectivity index (χ4n) is 1.49. The average Bonchev–Trinajstić information content (AvgIpc) is 2.46. The molecular formula is C13H13ClN6O. The SMILES string of the molecule is CCCOc1nc(N)nc(Nc2ccc(C#N)cc2Cl)n1. The normalized spacial score (nSPS) is 9.95. The molecule has 1 heterocycles. The van der Waals surface area contributed by atoms with E-state index in [1.165, 1.54) is 0 Å². The van der Waals surface area contributed by atoms with Crippen molar-refractivity contribution in [2.24, 2.45) is 0 Å². The molecular weight excluding hydrogens is 292 g/mol. The highest BCUT2D eigenvalue weighted by molar-refractivity contribution is 6.33. The van der Waals surface area contributed by atoms with E-state index in [-0.39, 0.29) is 17.9 Å². The van der Waals surface area contributed by atoms with E-state index in [4.69, 9.17) is 27.3 Å². The van der Waals surface area contributed by atoms with Crippen molar-refractivity contribution in [3.05, 3.63) is 28.8 Å². The first-order valence-electron chi connectivity index (χ1n) is 6.23. The Balaban J connectivity index is 2.23. The molecule has 0 atom stereocenters. The van der Waals surface area contributed by atoms with E-state index in [9.17, 15) is 0 Å². The number of aromatic nitrogens is 3. The van der Waals surface area contributed by atoms with Crippen LogP contribution in [0.25, 0.3) is 0 Å². The Morgan fingerprint density at radius 3 is 2.86 bits per heavy atom. The lowest BCUT2D eigenvalue weighted by Gasteiger charge is -2.09. The smallest absolute Gasteiger partial charge is 0.323 e. The summed E-state index contributed by atoms with van der Waals surface area (Å²) in [5.41, 5.74) is 6.63. The van der Waals surface area contributed by atoms with Crippen LogP contribution in [0.3, 0.4) is 0 Å². The lowest BCUT2D eigenvalue weighted by molar-refractivity contribution is 0.292. The predicted molar refractivity (Wildman–Crippen MR) is 79.5 cm³/mol. The van der Waals surface area contributed by atoms with Crippen molar-refractivity contribution in [2.45, 2.75) is 13.3 Å². The zero-order chi connectivity index (χ0) is 15.2. The van der Waals surface area contributed by atoms with Crippen LogP contribution in [-0.2, 0) is 0 Å². The van der Waals surface area contributed by atoms with Crippen molar-refractivity contribution in [3.8, 4) is 12.1 Å². The Kier molecular flexibility index (Phi) is 4.74. The standard InChI is InChI=1S/C13H13ClN6O/c1-2-5-21-13-19-11(16)18-12(20-13)17-10-4-3-8(7-15)6-9(10)14/h3-4,6H,2,5H2,1H3,(H3,16,17,18,19,20). The fraction of sp³-hybridized carbons (Fsp3) is 0.231. The molecule has 0 fully saturated rings. The summed E-state index contributed by atoms with van der Waals surface area (Å²) in [7, 11) is 0. The minimum absolute atomic E-state index is 0.0448. The fourth-order valence-corrected chi connectivity index (χ4v) is 1.72. The number of nitrogens with two attached hydrogens (primary N) is 1. The molecule has 108 valence electrons. The number of halogens is 1. The second-order valence-corrected chi connectivity index (χ2v) is 4.49. The van der Waals surface area contributed by atoms with E-state index in [1.807, 2.05) is 13.0 Å². The van der Waals surface area contributed by atoms with E-state index in [0.29, 0.717) is 22.9 Å². The highest BCUT2D eigenvalue weighted by Crippen LogP contribution is 2.25. The second-order valence-electron chi connectivity index (χ2n) is 4.08. The van der Waals surface area contributed by atoms with Crippen LogP contribution in [0.1, 0.15) is 18.9 Å². The third-order valence-electron chi connectivity index (χ3n) is 2.41. The molecule has 0 radical (unpaired) electrons. The summed E-state index contributed by atoms with van der Waals surface area (Å²) in [6.07, 6.45) is 0.829. The Morgan fingerprint density at radius 1 is 1.38 bits per heavy atom. The molecule has 0 bridgehead atoms. The van der Waals surface area contributed by atoms with Crippen molar-refractivity contribution in [1.82, 2.24) is 15.0 Å². The van der Waals surface area contributed by atoms with Gasteiger partial charge in [0.25, 0.3) is 0 Å². The lowest BCUT2D eigenvalue weighted by Crippen LogP contribution is -2.07. The molecule has 8 heteroatoms. The third kappa shape index (κ3) is 3.94. The van der Waals surface area contributed by atoms with E-state index < -0.39 is 0 Å². The van der Waals surface area contributed by atoms with Crippen LogP contribution in [0.5, 0.6) is 6.01 Å². The van der Waals surface area contributed by atoms with Gasteiger partial charge in [-0.15, -0.1) is 0 Å². The quantitative estimate of drug-likeness (QED) is 0.873. The van der Waals surface area contributed by atoms with Crippen molar-refractivity contribution in [1.29, 1.82) is 5.26 Å². The number of nitrogens with zero attached hydrogens (tertiary/aromatic N) is 4. The first-order chi connectivity index (χ1) is 10.1. The molecule has 1 aromatic heterocycles. The van der Waals surface area contributed by atoms with Gasteiger partial charge in [-0.3, -0.25) is 0 Å². The van der Waals surface area contributed by atoms with Gasteiger partial charge in [0, 0.05) is 0 Å². The zero-order valence-electron chi connectivity index (χ0n) is 11.3. The third-order valence-corrected chi connectivity index (χ3v) is 2.72. The van der Waals surface area contributed by atoms with Gasteiger partial charge in [-0.25, -0.2) is 0 Å². The first-order valence-corrected chi connectivity index (χ1v) is 6.61. The summed E-state index contributed by atoms with van der Waals surface area (Å²) in [5, 5.41) is 12.1. The van der Waals surface area contributed by atoms with E-state index in [0.717, 1.165) is 6.42 Å².